The second-order valence-electron chi connectivity index (χ2n) is 11.6. The topological polar surface area (TPSA) is 74.6 Å². The second-order valence-corrected chi connectivity index (χ2v) is 12.9. The van der Waals surface area contributed by atoms with Gasteiger partial charge in [0.05, 0.1) is 5.60 Å². The minimum atomic E-state index is -0.681. The van der Waals surface area contributed by atoms with Crippen molar-refractivity contribution in [2.45, 2.75) is 89.4 Å². The molecule has 4 nitrogen and oxygen atoms in total. The molecular weight excluding hydrogens is 408 g/mol. The molecule has 0 saturated heterocycles. The van der Waals surface area contributed by atoms with Gasteiger partial charge in [0.1, 0.15) is 0 Å². The molecule has 0 heterocycles. The molecule has 5 aliphatic rings. The Morgan fingerprint density at radius 3 is 2.74 bits per heavy atom. The summed E-state index contributed by atoms with van der Waals surface area (Å²) < 4.78 is 0. The van der Waals surface area contributed by atoms with Crippen LogP contribution in [-0.4, -0.2) is 38.6 Å². The summed E-state index contributed by atoms with van der Waals surface area (Å²) in [6.07, 6.45) is 9.43. The first-order valence-corrected chi connectivity index (χ1v) is 13.3. The fourth-order valence-corrected chi connectivity index (χ4v) is 10.1. The first-order chi connectivity index (χ1) is 14.7. The lowest BCUT2D eigenvalue weighted by atomic mass is 9.45. The van der Waals surface area contributed by atoms with Crippen LogP contribution >= 0.6 is 11.8 Å². The molecule has 0 spiro atoms. The Hall–Kier alpha value is -0.650. The molecule has 4 fully saturated rings. The highest BCUT2D eigenvalue weighted by Gasteiger charge is 2.76. The number of aliphatic hydroxyl groups is 2. The van der Waals surface area contributed by atoms with Crippen molar-refractivity contribution < 1.29 is 19.8 Å². The van der Waals surface area contributed by atoms with E-state index in [1.165, 1.54) is 17.3 Å². The molecule has 0 amide bonds. The van der Waals surface area contributed by atoms with Crippen molar-refractivity contribution in [1.29, 1.82) is 0 Å². The van der Waals surface area contributed by atoms with E-state index in [-0.39, 0.29) is 33.6 Å². The molecule has 9 atom stereocenters. The lowest BCUT2D eigenvalue weighted by Crippen LogP contribution is -2.59. The number of carbonyl (C=O) groups excluding carboxylic acids is 2. The van der Waals surface area contributed by atoms with Gasteiger partial charge in [0.25, 0.3) is 0 Å². The van der Waals surface area contributed by atoms with E-state index in [0.29, 0.717) is 55.3 Å². The van der Waals surface area contributed by atoms with Crippen LogP contribution in [0.4, 0.5) is 0 Å². The van der Waals surface area contributed by atoms with Gasteiger partial charge >= 0.3 is 0 Å². The third kappa shape index (κ3) is 3.01. The van der Waals surface area contributed by atoms with Crippen LogP contribution in [0.1, 0.15) is 78.6 Å². The minimum absolute atomic E-state index is 0.0580. The summed E-state index contributed by atoms with van der Waals surface area (Å²) >= 11 is 1.54. The molecular formula is C26H38O4S. The van der Waals surface area contributed by atoms with Crippen LogP contribution in [0.2, 0.25) is 0 Å². The largest absolute Gasteiger partial charge is 0.396 e. The number of carbonyl (C=O) groups is 2. The van der Waals surface area contributed by atoms with Crippen molar-refractivity contribution in [3.8, 4) is 0 Å². The van der Waals surface area contributed by atoms with Gasteiger partial charge in [0.15, 0.2) is 10.9 Å². The number of rotatable bonds is 5. The highest BCUT2D eigenvalue weighted by Crippen LogP contribution is 2.78. The minimum Gasteiger partial charge on any atom is -0.396 e. The van der Waals surface area contributed by atoms with Crippen molar-refractivity contribution in [1.82, 2.24) is 0 Å². The van der Waals surface area contributed by atoms with Crippen LogP contribution in [0, 0.1) is 40.4 Å². The van der Waals surface area contributed by atoms with E-state index < -0.39 is 5.60 Å². The first kappa shape index (κ1) is 22.2. The Morgan fingerprint density at radius 1 is 1.26 bits per heavy atom. The number of hydrogen-bond donors (Lipinski definition) is 2. The number of thioether (sulfide) groups is 1. The van der Waals surface area contributed by atoms with Gasteiger partial charge in [-0.2, -0.15) is 0 Å². The normalized spacial score (nSPS) is 50.1. The van der Waals surface area contributed by atoms with E-state index in [4.69, 9.17) is 0 Å². The third-order valence-electron chi connectivity index (χ3n) is 10.4. The summed E-state index contributed by atoms with van der Waals surface area (Å²) in [5.74, 6) is 2.52. The Balaban J connectivity index is 1.55. The van der Waals surface area contributed by atoms with Gasteiger partial charge in [-0.05, 0) is 86.0 Å². The van der Waals surface area contributed by atoms with E-state index in [0.717, 1.165) is 32.1 Å². The first-order valence-electron chi connectivity index (χ1n) is 12.5. The molecule has 0 aliphatic heterocycles. The van der Waals surface area contributed by atoms with Crippen LogP contribution < -0.4 is 0 Å². The number of fused-ring (bicyclic) bond motifs is 7. The number of hydrogen-bond acceptors (Lipinski definition) is 5. The maximum atomic E-state index is 12.6. The SMILES string of the molecule is CCC(=O)S[C@@H]1CC2=CC(=O)CC[C@]2(C)[C@H]2CC[C@@]3(C)[C@@H]([C@H]4C[C@H]4[C@@]3(O)CCCO)[C@H]12. The van der Waals surface area contributed by atoms with Crippen LogP contribution in [-0.2, 0) is 9.59 Å². The summed E-state index contributed by atoms with van der Waals surface area (Å²) in [6.45, 7) is 6.77. The highest BCUT2D eigenvalue weighted by molar-refractivity contribution is 8.14. The maximum Gasteiger partial charge on any atom is 0.188 e. The average Bonchev–Trinajstić information content (AvgIpc) is 3.50. The van der Waals surface area contributed by atoms with Gasteiger partial charge in [0.2, 0.25) is 0 Å². The summed E-state index contributed by atoms with van der Waals surface area (Å²) in [4.78, 5) is 24.9. The average molecular weight is 447 g/mol. The molecule has 0 aromatic heterocycles. The van der Waals surface area contributed by atoms with Crippen LogP contribution in [0.3, 0.4) is 0 Å². The van der Waals surface area contributed by atoms with E-state index >= 15 is 0 Å². The predicted molar refractivity (Wildman–Crippen MR) is 122 cm³/mol. The lowest BCUT2D eigenvalue weighted by Gasteiger charge is -2.62. The Morgan fingerprint density at radius 2 is 2.03 bits per heavy atom. The molecule has 31 heavy (non-hydrogen) atoms. The van der Waals surface area contributed by atoms with Crippen molar-refractivity contribution >= 4 is 22.7 Å². The molecule has 0 aromatic rings. The lowest BCUT2D eigenvalue weighted by molar-refractivity contribution is -0.151. The van der Waals surface area contributed by atoms with Crippen molar-refractivity contribution in [2.24, 2.45) is 40.4 Å². The zero-order valence-electron chi connectivity index (χ0n) is 19.2. The zero-order chi connectivity index (χ0) is 22.2. The van der Waals surface area contributed by atoms with Crippen LogP contribution in [0.25, 0.3) is 0 Å². The summed E-state index contributed by atoms with van der Waals surface area (Å²) in [6, 6.07) is 0. The Kier molecular flexibility index (Phi) is 5.31. The zero-order valence-corrected chi connectivity index (χ0v) is 20.0. The third-order valence-corrected chi connectivity index (χ3v) is 11.7. The molecule has 172 valence electrons. The molecule has 0 bridgehead atoms. The smallest absolute Gasteiger partial charge is 0.188 e. The molecule has 0 unspecified atom stereocenters. The van der Waals surface area contributed by atoms with E-state index in [2.05, 4.69) is 13.8 Å². The van der Waals surface area contributed by atoms with Crippen LogP contribution in [0.5, 0.6) is 0 Å². The van der Waals surface area contributed by atoms with Crippen molar-refractivity contribution in [3.05, 3.63) is 11.6 Å². The van der Waals surface area contributed by atoms with Gasteiger partial charge in [-0.25, -0.2) is 0 Å². The van der Waals surface area contributed by atoms with Gasteiger partial charge in [0, 0.05) is 30.1 Å². The van der Waals surface area contributed by atoms with Crippen molar-refractivity contribution in [2.75, 3.05) is 6.61 Å². The van der Waals surface area contributed by atoms with E-state index in [9.17, 15) is 19.8 Å². The molecule has 0 aromatic carbocycles. The molecule has 4 saturated carbocycles. The van der Waals surface area contributed by atoms with Crippen molar-refractivity contribution in [3.63, 3.8) is 0 Å². The fourth-order valence-electron chi connectivity index (χ4n) is 8.81. The fraction of sp³-hybridized carbons (Fsp3) is 0.846. The molecule has 5 heteroatoms. The van der Waals surface area contributed by atoms with E-state index in [1.54, 1.807) is 0 Å². The number of ketones is 1. The summed E-state index contributed by atoms with van der Waals surface area (Å²) in [5, 5.41) is 21.9. The highest BCUT2D eigenvalue weighted by atomic mass is 32.2. The maximum absolute atomic E-state index is 12.6. The molecule has 0 radical (unpaired) electrons. The van der Waals surface area contributed by atoms with Gasteiger partial charge < -0.3 is 10.2 Å². The Bertz CT molecular complexity index is 822. The second kappa shape index (κ2) is 7.43. The number of allylic oxidation sites excluding steroid dienone is 1. The van der Waals surface area contributed by atoms with Crippen LogP contribution in [0.15, 0.2) is 11.6 Å². The number of aliphatic hydroxyl groups excluding tert-OH is 1. The monoisotopic (exact) mass is 446 g/mol. The quantitative estimate of drug-likeness (QED) is 0.649. The van der Waals surface area contributed by atoms with Gasteiger partial charge in [-0.3, -0.25) is 9.59 Å². The predicted octanol–water partition coefficient (Wildman–Crippen LogP) is 4.53. The van der Waals surface area contributed by atoms with Gasteiger partial charge in [-0.15, -0.1) is 0 Å². The molecule has 5 rings (SSSR count). The Labute approximate surface area is 190 Å². The standard InChI is InChI=1S/C26H38O4S/c1-4-21(29)31-20-13-15-12-16(28)6-9-24(15,2)18-7-10-25(3)23(22(18)20)17-14-19(17)26(25,30)8-5-11-27/h12,17-20,22-23,27,30H,4-11,13-14H2,1-3H3/t17-,18-,19+,20+,22-,23-,24-,25-,26-/m0/s1. The van der Waals surface area contributed by atoms with E-state index in [1.807, 2.05) is 13.0 Å². The summed E-state index contributed by atoms with van der Waals surface area (Å²) in [7, 11) is 0. The molecule has 5 aliphatic carbocycles. The molecule has 2 N–H and O–H groups in total. The van der Waals surface area contributed by atoms with Gasteiger partial charge in [-0.1, -0.05) is 38.1 Å². The summed E-state index contributed by atoms with van der Waals surface area (Å²) in [5.41, 5.74) is 0.533.